The van der Waals surface area contributed by atoms with Gasteiger partial charge in [0.05, 0.1) is 12.6 Å². The Kier molecular flexibility index (Phi) is 5.54. The molecule has 0 bridgehead atoms. The molecule has 6 heteroatoms. The number of benzene rings is 1. The molecule has 2 amide bonds. The van der Waals surface area contributed by atoms with Gasteiger partial charge >= 0.3 is 0 Å². The summed E-state index contributed by atoms with van der Waals surface area (Å²) in [6.45, 7) is 8.66. The van der Waals surface area contributed by atoms with Gasteiger partial charge in [-0.3, -0.25) is 14.6 Å². The number of carbonyl (C=O) groups excluding carboxylic acids is 2. The van der Waals surface area contributed by atoms with Gasteiger partial charge in [-0.2, -0.15) is 0 Å². The van der Waals surface area contributed by atoms with Crippen LogP contribution < -0.4 is 0 Å². The number of aromatic nitrogens is 2. The van der Waals surface area contributed by atoms with Crippen LogP contribution >= 0.6 is 0 Å². The second-order valence-electron chi connectivity index (χ2n) is 7.89. The molecule has 0 radical (unpaired) electrons. The van der Waals surface area contributed by atoms with Gasteiger partial charge in [0.2, 0.25) is 5.91 Å². The van der Waals surface area contributed by atoms with Crippen LogP contribution in [0.5, 0.6) is 0 Å². The Morgan fingerprint density at radius 3 is 2.15 bits per heavy atom. The zero-order valence-electron chi connectivity index (χ0n) is 16.2. The van der Waals surface area contributed by atoms with Crippen molar-refractivity contribution in [2.45, 2.75) is 32.6 Å². The lowest BCUT2D eigenvalue weighted by Crippen LogP contribution is -2.51. The number of amides is 2. The minimum atomic E-state index is -0.132. The third-order valence-corrected chi connectivity index (χ3v) is 4.88. The molecule has 1 fully saturated rings. The Morgan fingerprint density at radius 2 is 1.59 bits per heavy atom. The molecule has 0 saturated carbocycles. The molecule has 2 aromatic rings. The van der Waals surface area contributed by atoms with Crippen LogP contribution in [0.3, 0.4) is 0 Å². The fourth-order valence-electron chi connectivity index (χ4n) is 3.14. The molecule has 6 nitrogen and oxygen atoms in total. The van der Waals surface area contributed by atoms with Gasteiger partial charge in [-0.25, -0.2) is 4.98 Å². The predicted octanol–water partition coefficient (Wildman–Crippen LogP) is 2.30. The van der Waals surface area contributed by atoms with Crippen LogP contribution in [-0.2, 0) is 16.6 Å². The third kappa shape index (κ3) is 4.70. The standard InChI is InChI=1S/C21H26N4O2/c1-21(2,3)17-6-4-16(5-7-17)14-19(26)24-10-12-25(13-11-24)20(27)18-15-22-8-9-23-18/h4-9,15H,10-14H2,1-3H3. The maximum atomic E-state index is 12.6. The molecular formula is C21H26N4O2. The number of hydrogen-bond acceptors (Lipinski definition) is 4. The van der Waals surface area contributed by atoms with Gasteiger partial charge in [0.25, 0.3) is 5.91 Å². The van der Waals surface area contributed by atoms with Gasteiger partial charge < -0.3 is 9.80 Å². The molecule has 0 spiro atoms. The highest BCUT2D eigenvalue weighted by atomic mass is 16.2. The highest BCUT2D eigenvalue weighted by Gasteiger charge is 2.25. The second kappa shape index (κ2) is 7.86. The Bertz CT molecular complexity index is 789. The number of hydrogen-bond donors (Lipinski definition) is 0. The van der Waals surface area contributed by atoms with Gasteiger partial charge in [-0.05, 0) is 16.5 Å². The van der Waals surface area contributed by atoms with Crippen LogP contribution in [0.4, 0.5) is 0 Å². The number of rotatable bonds is 3. The van der Waals surface area contributed by atoms with Gasteiger partial charge in [0.1, 0.15) is 5.69 Å². The fraction of sp³-hybridized carbons (Fsp3) is 0.429. The lowest BCUT2D eigenvalue weighted by atomic mass is 9.86. The molecule has 1 aliphatic heterocycles. The van der Waals surface area contributed by atoms with E-state index in [9.17, 15) is 9.59 Å². The van der Waals surface area contributed by atoms with Crippen LogP contribution in [0.25, 0.3) is 0 Å². The topological polar surface area (TPSA) is 66.4 Å². The summed E-state index contributed by atoms with van der Waals surface area (Å²) in [5.74, 6) is -0.0296. The summed E-state index contributed by atoms with van der Waals surface area (Å²) in [6.07, 6.45) is 4.92. The zero-order valence-corrected chi connectivity index (χ0v) is 16.2. The molecule has 0 N–H and O–H groups in total. The summed E-state index contributed by atoms with van der Waals surface area (Å²) in [4.78, 5) is 36.5. The van der Waals surface area contributed by atoms with Crippen molar-refractivity contribution in [2.24, 2.45) is 0 Å². The Morgan fingerprint density at radius 1 is 0.963 bits per heavy atom. The maximum absolute atomic E-state index is 12.6. The molecule has 1 aromatic carbocycles. The van der Waals surface area contributed by atoms with Crippen LogP contribution in [-0.4, -0.2) is 57.8 Å². The third-order valence-electron chi connectivity index (χ3n) is 4.88. The summed E-state index contributed by atoms with van der Waals surface area (Å²) in [5, 5.41) is 0. The van der Waals surface area contributed by atoms with Crippen molar-refractivity contribution >= 4 is 11.8 Å². The minimum Gasteiger partial charge on any atom is -0.339 e. The second-order valence-corrected chi connectivity index (χ2v) is 7.89. The van der Waals surface area contributed by atoms with E-state index in [1.807, 2.05) is 17.0 Å². The smallest absolute Gasteiger partial charge is 0.274 e. The number of carbonyl (C=O) groups is 2. The summed E-state index contributed by atoms with van der Waals surface area (Å²) >= 11 is 0. The first-order valence-corrected chi connectivity index (χ1v) is 9.27. The van der Waals surface area contributed by atoms with Gasteiger partial charge in [0.15, 0.2) is 0 Å². The van der Waals surface area contributed by atoms with Crippen LogP contribution in [0, 0.1) is 0 Å². The van der Waals surface area contributed by atoms with Crippen molar-refractivity contribution in [2.75, 3.05) is 26.2 Å². The average molecular weight is 366 g/mol. The van der Waals surface area contributed by atoms with Crippen molar-refractivity contribution < 1.29 is 9.59 Å². The van der Waals surface area contributed by atoms with Crippen molar-refractivity contribution in [3.05, 3.63) is 59.7 Å². The number of nitrogens with zero attached hydrogens (tertiary/aromatic N) is 4. The van der Waals surface area contributed by atoms with Gasteiger partial charge in [-0.15, -0.1) is 0 Å². The average Bonchev–Trinajstić information content (AvgIpc) is 2.68. The van der Waals surface area contributed by atoms with Crippen LogP contribution in [0.1, 0.15) is 42.4 Å². The molecule has 3 rings (SSSR count). The monoisotopic (exact) mass is 366 g/mol. The van der Waals surface area contributed by atoms with Crippen molar-refractivity contribution in [1.29, 1.82) is 0 Å². The summed E-state index contributed by atoms with van der Waals surface area (Å²) < 4.78 is 0. The Labute approximate surface area is 160 Å². The largest absolute Gasteiger partial charge is 0.339 e. The molecular weight excluding hydrogens is 340 g/mol. The van der Waals surface area contributed by atoms with E-state index in [1.54, 1.807) is 11.1 Å². The van der Waals surface area contributed by atoms with E-state index in [1.165, 1.54) is 18.0 Å². The van der Waals surface area contributed by atoms with Crippen molar-refractivity contribution in [3.8, 4) is 0 Å². The first-order valence-electron chi connectivity index (χ1n) is 9.27. The highest BCUT2D eigenvalue weighted by molar-refractivity contribution is 5.92. The maximum Gasteiger partial charge on any atom is 0.274 e. The van der Waals surface area contributed by atoms with Crippen molar-refractivity contribution in [1.82, 2.24) is 19.8 Å². The zero-order chi connectivity index (χ0) is 19.4. The van der Waals surface area contributed by atoms with E-state index < -0.39 is 0 Å². The molecule has 1 aromatic heterocycles. The lowest BCUT2D eigenvalue weighted by molar-refractivity contribution is -0.131. The van der Waals surface area contributed by atoms with E-state index in [2.05, 4.69) is 42.9 Å². The number of piperazine rings is 1. The summed E-state index contributed by atoms with van der Waals surface area (Å²) in [6, 6.07) is 8.26. The molecule has 1 aliphatic rings. The van der Waals surface area contributed by atoms with Crippen molar-refractivity contribution in [3.63, 3.8) is 0 Å². The normalized spacial score (nSPS) is 14.9. The molecule has 0 atom stereocenters. The lowest BCUT2D eigenvalue weighted by Gasteiger charge is -2.34. The Hall–Kier alpha value is -2.76. The first kappa shape index (κ1) is 19.0. The fourth-order valence-corrected chi connectivity index (χ4v) is 3.14. The predicted molar refractivity (Wildman–Crippen MR) is 103 cm³/mol. The SMILES string of the molecule is CC(C)(C)c1ccc(CC(=O)N2CCN(C(=O)c3cnccn3)CC2)cc1. The van der Waals surface area contributed by atoms with E-state index >= 15 is 0 Å². The minimum absolute atomic E-state index is 0.102. The van der Waals surface area contributed by atoms with Gasteiger partial charge in [-0.1, -0.05) is 45.0 Å². The van der Waals surface area contributed by atoms with E-state index in [0.717, 1.165) is 5.56 Å². The first-order chi connectivity index (χ1) is 12.8. The Balaban J connectivity index is 1.53. The summed E-state index contributed by atoms with van der Waals surface area (Å²) in [5.41, 5.74) is 2.73. The molecule has 142 valence electrons. The molecule has 0 unspecified atom stereocenters. The highest BCUT2D eigenvalue weighted by Crippen LogP contribution is 2.22. The van der Waals surface area contributed by atoms with E-state index in [-0.39, 0.29) is 17.2 Å². The van der Waals surface area contributed by atoms with E-state index in [0.29, 0.717) is 38.3 Å². The quantitative estimate of drug-likeness (QED) is 0.836. The molecule has 1 saturated heterocycles. The summed E-state index contributed by atoms with van der Waals surface area (Å²) in [7, 11) is 0. The van der Waals surface area contributed by atoms with E-state index in [4.69, 9.17) is 0 Å². The molecule has 0 aliphatic carbocycles. The van der Waals surface area contributed by atoms with Gasteiger partial charge in [0, 0.05) is 38.6 Å². The molecule has 27 heavy (non-hydrogen) atoms. The van der Waals surface area contributed by atoms with Crippen LogP contribution in [0.15, 0.2) is 42.9 Å². The molecule has 2 heterocycles. The van der Waals surface area contributed by atoms with Crippen LogP contribution in [0.2, 0.25) is 0 Å².